The van der Waals surface area contributed by atoms with E-state index in [1.807, 2.05) is 0 Å². The molecule has 2 nitrogen and oxygen atoms in total. The van der Waals surface area contributed by atoms with Crippen LogP contribution in [0.25, 0.3) is 0 Å². The molecule has 0 N–H and O–H groups in total. The van der Waals surface area contributed by atoms with Gasteiger partial charge in [0.25, 0.3) is 5.82 Å². The van der Waals surface area contributed by atoms with Crippen molar-refractivity contribution in [1.29, 1.82) is 0 Å². The van der Waals surface area contributed by atoms with Crippen LogP contribution in [0.3, 0.4) is 0 Å². The summed E-state index contributed by atoms with van der Waals surface area (Å²) >= 11 is 0. The molecule has 2 heteroatoms. The van der Waals surface area contributed by atoms with E-state index in [4.69, 9.17) is 0 Å². The molecule has 0 amide bonds. The molecule has 80 valence electrons. The summed E-state index contributed by atoms with van der Waals surface area (Å²) in [5.74, 6) is 1.37. The second-order valence-corrected chi connectivity index (χ2v) is 4.14. The minimum atomic E-state index is 1.17. The normalized spacial score (nSPS) is 10.9. The Morgan fingerprint density at radius 2 is 1.79 bits per heavy atom. The summed E-state index contributed by atoms with van der Waals surface area (Å²) in [7, 11) is 2.15. The van der Waals surface area contributed by atoms with Gasteiger partial charge in [-0.15, -0.1) is 0 Å². The molecular weight excluding hydrogens is 172 g/mol. The number of nitrogens with zero attached hydrogens (tertiary/aromatic N) is 2. The Kier molecular flexibility index (Phi) is 3.73. The maximum atomic E-state index is 2.44. The van der Waals surface area contributed by atoms with Gasteiger partial charge in [-0.05, 0) is 12.8 Å². The maximum absolute atomic E-state index is 2.44. The first-order valence-electron chi connectivity index (χ1n) is 5.61. The molecule has 14 heavy (non-hydrogen) atoms. The van der Waals surface area contributed by atoms with E-state index >= 15 is 0 Å². The fourth-order valence-electron chi connectivity index (χ4n) is 1.95. The molecule has 0 aliphatic rings. The number of unbranched alkanes of at least 4 members (excludes halogenated alkanes) is 2. The molecule has 0 aromatic carbocycles. The predicted molar refractivity (Wildman–Crippen MR) is 59.3 cm³/mol. The second-order valence-electron chi connectivity index (χ2n) is 4.14. The lowest BCUT2D eigenvalue weighted by molar-refractivity contribution is -0.708. The smallest absolute Gasteiger partial charge is 0.234 e. The van der Waals surface area contributed by atoms with Gasteiger partial charge in [-0.3, -0.25) is 0 Å². The van der Waals surface area contributed by atoms with E-state index in [1.54, 1.807) is 0 Å². The molecule has 0 unspecified atom stereocenters. The van der Waals surface area contributed by atoms with E-state index in [-0.39, 0.29) is 0 Å². The Labute approximate surface area is 87.6 Å². The van der Waals surface area contributed by atoms with E-state index in [2.05, 4.69) is 43.9 Å². The van der Waals surface area contributed by atoms with Gasteiger partial charge in [0, 0.05) is 20.8 Å². The monoisotopic (exact) mass is 195 g/mol. The molecule has 0 spiro atoms. The Hall–Kier alpha value is -0.790. The Morgan fingerprint density at radius 1 is 1.14 bits per heavy atom. The fourth-order valence-corrected chi connectivity index (χ4v) is 1.95. The quantitative estimate of drug-likeness (QED) is 0.515. The summed E-state index contributed by atoms with van der Waals surface area (Å²) in [6.45, 7) is 10.0. The molecule has 0 aliphatic carbocycles. The van der Waals surface area contributed by atoms with Crippen molar-refractivity contribution < 1.29 is 4.57 Å². The summed E-state index contributed by atoms with van der Waals surface area (Å²) in [4.78, 5) is 0. The fraction of sp³-hybridized carbons (Fsp3) is 0.750. The summed E-state index contributed by atoms with van der Waals surface area (Å²) < 4.78 is 4.71. The van der Waals surface area contributed by atoms with Crippen LogP contribution in [-0.4, -0.2) is 4.57 Å². The molecule has 0 saturated carbocycles. The zero-order valence-corrected chi connectivity index (χ0v) is 10.2. The van der Waals surface area contributed by atoms with Crippen molar-refractivity contribution in [1.82, 2.24) is 4.57 Å². The highest BCUT2D eigenvalue weighted by Gasteiger charge is 2.18. The van der Waals surface area contributed by atoms with Gasteiger partial charge < -0.3 is 0 Å². The summed E-state index contributed by atoms with van der Waals surface area (Å²) in [6.07, 6.45) is 3.93. The van der Waals surface area contributed by atoms with E-state index in [0.717, 1.165) is 0 Å². The molecule has 1 aromatic heterocycles. The second kappa shape index (κ2) is 4.63. The van der Waals surface area contributed by atoms with E-state index in [1.165, 1.54) is 43.0 Å². The minimum Gasteiger partial charge on any atom is -0.234 e. The van der Waals surface area contributed by atoms with Crippen LogP contribution in [0.4, 0.5) is 0 Å². The van der Waals surface area contributed by atoms with Gasteiger partial charge >= 0.3 is 0 Å². The van der Waals surface area contributed by atoms with Crippen LogP contribution in [0, 0.1) is 20.8 Å². The Bertz CT molecular complexity index is 285. The van der Waals surface area contributed by atoms with Crippen LogP contribution in [0.15, 0.2) is 0 Å². The first-order valence-corrected chi connectivity index (χ1v) is 5.61. The van der Waals surface area contributed by atoms with Gasteiger partial charge in [-0.25, -0.2) is 9.13 Å². The third kappa shape index (κ3) is 1.99. The molecule has 0 saturated heterocycles. The van der Waals surface area contributed by atoms with Crippen LogP contribution >= 0.6 is 0 Å². The van der Waals surface area contributed by atoms with E-state index in [9.17, 15) is 0 Å². The first kappa shape index (κ1) is 11.3. The minimum absolute atomic E-state index is 1.17. The van der Waals surface area contributed by atoms with Crippen LogP contribution < -0.4 is 4.57 Å². The topological polar surface area (TPSA) is 8.81 Å². The third-order valence-electron chi connectivity index (χ3n) is 3.29. The lowest BCUT2D eigenvalue weighted by atomic mass is 10.2. The molecule has 0 atom stereocenters. The van der Waals surface area contributed by atoms with Crippen LogP contribution in [0.2, 0.25) is 0 Å². The number of imidazole rings is 1. The van der Waals surface area contributed by atoms with Gasteiger partial charge in [-0.1, -0.05) is 13.3 Å². The zero-order chi connectivity index (χ0) is 10.7. The molecule has 1 rings (SSSR count). The molecule has 0 fully saturated rings. The molecule has 0 bridgehead atoms. The average molecular weight is 195 g/mol. The van der Waals surface area contributed by atoms with Gasteiger partial charge in [0.05, 0.1) is 13.6 Å². The van der Waals surface area contributed by atoms with Crippen LogP contribution in [-0.2, 0) is 13.6 Å². The Morgan fingerprint density at radius 3 is 2.21 bits per heavy atom. The lowest BCUT2D eigenvalue weighted by Crippen LogP contribution is -2.38. The van der Waals surface area contributed by atoms with Gasteiger partial charge in [0.1, 0.15) is 11.4 Å². The molecule has 1 heterocycles. The van der Waals surface area contributed by atoms with Crippen LogP contribution in [0.5, 0.6) is 0 Å². The summed E-state index contributed by atoms with van der Waals surface area (Å²) in [6, 6.07) is 0. The maximum Gasteiger partial charge on any atom is 0.253 e. The molecular formula is C12H23N2+. The van der Waals surface area contributed by atoms with Gasteiger partial charge in [-0.2, -0.15) is 0 Å². The van der Waals surface area contributed by atoms with Gasteiger partial charge in [0.15, 0.2) is 0 Å². The third-order valence-corrected chi connectivity index (χ3v) is 3.29. The van der Waals surface area contributed by atoms with Crippen molar-refractivity contribution in [2.24, 2.45) is 7.05 Å². The van der Waals surface area contributed by atoms with Crippen molar-refractivity contribution in [3.63, 3.8) is 0 Å². The van der Waals surface area contributed by atoms with Crippen molar-refractivity contribution in [3.8, 4) is 0 Å². The van der Waals surface area contributed by atoms with Crippen molar-refractivity contribution in [3.05, 3.63) is 17.2 Å². The first-order chi connectivity index (χ1) is 6.59. The molecule has 1 aromatic rings. The number of rotatable bonds is 4. The van der Waals surface area contributed by atoms with Crippen LogP contribution in [0.1, 0.15) is 43.4 Å². The summed E-state index contributed by atoms with van der Waals surface area (Å²) in [5.41, 5.74) is 2.81. The standard InChI is InChI=1S/C12H23N2/c1-6-7-8-9-14-11(3)10(2)13(5)12(14)4/h6-9H2,1-5H3/q+1. The van der Waals surface area contributed by atoms with E-state index < -0.39 is 0 Å². The SMILES string of the molecule is CCCCC[n+]1c(C)c(C)n(C)c1C. The highest BCUT2D eigenvalue weighted by molar-refractivity contribution is 5.05. The predicted octanol–water partition coefficient (Wildman–Crippen LogP) is 2.43. The highest BCUT2D eigenvalue weighted by Crippen LogP contribution is 2.06. The number of hydrogen-bond donors (Lipinski definition) is 0. The van der Waals surface area contributed by atoms with Gasteiger partial charge in [0.2, 0.25) is 0 Å². The number of hydrogen-bond acceptors (Lipinski definition) is 0. The number of aromatic nitrogens is 2. The summed E-state index contributed by atoms with van der Waals surface area (Å²) in [5, 5.41) is 0. The van der Waals surface area contributed by atoms with Crippen molar-refractivity contribution >= 4 is 0 Å². The molecule has 0 aliphatic heterocycles. The average Bonchev–Trinajstić information content (AvgIpc) is 2.35. The zero-order valence-electron chi connectivity index (χ0n) is 10.2. The highest BCUT2D eigenvalue weighted by atomic mass is 15.2. The van der Waals surface area contributed by atoms with Crippen molar-refractivity contribution in [2.45, 2.75) is 53.5 Å². The Balaban J connectivity index is 2.81. The molecule has 0 radical (unpaired) electrons. The van der Waals surface area contributed by atoms with Crippen molar-refractivity contribution in [2.75, 3.05) is 0 Å². The largest absolute Gasteiger partial charge is 0.253 e. The van der Waals surface area contributed by atoms with E-state index in [0.29, 0.717) is 0 Å². The lowest BCUT2D eigenvalue weighted by Gasteiger charge is -1.99.